The number of hydrogen-bond donors (Lipinski definition) is 3. The lowest BCUT2D eigenvalue weighted by atomic mass is 10.1. The van der Waals surface area contributed by atoms with Gasteiger partial charge in [0.1, 0.15) is 6.10 Å². The molecule has 0 saturated carbocycles. The second kappa shape index (κ2) is 19.0. The van der Waals surface area contributed by atoms with E-state index in [-0.39, 0.29) is 6.42 Å². The van der Waals surface area contributed by atoms with Crippen molar-refractivity contribution in [3.05, 3.63) is 24.3 Å². The van der Waals surface area contributed by atoms with Crippen LogP contribution < -0.4 is 0 Å². The van der Waals surface area contributed by atoms with E-state index in [4.69, 9.17) is 19.6 Å². The van der Waals surface area contributed by atoms with Gasteiger partial charge in [-0.2, -0.15) is 0 Å². The Labute approximate surface area is 175 Å². The molecule has 0 rings (SSSR count). The van der Waals surface area contributed by atoms with Crippen molar-refractivity contribution in [2.24, 2.45) is 0 Å². The molecule has 3 N–H and O–H groups in total. The van der Waals surface area contributed by atoms with Crippen molar-refractivity contribution in [2.45, 2.75) is 90.1 Å². The van der Waals surface area contributed by atoms with Crippen LogP contribution >= 0.6 is 7.82 Å². The number of unbranched alkanes of at least 4 members (excludes halogenated alkanes) is 8. The molecule has 0 amide bonds. The first-order valence-electron chi connectivity index (χ1n) is 10.7. The number of ether oxygens (including phenoxy) is 1. The molecule has 0 radical (unpaired) electrons. The lowest BCUT2D eigenvalue weighted by molar-refractivity contribution is -0.153. The molecule has 0 spiro atoms. The van der Waals surface area contributed by atoms with Crippen LogP contribution in [-0.2, 0) is 18.6 Å². The Hall–Kier alpha value is -0.980. The van der Waals surface area contributed by atoms with Crippen molar-refractivity contribution >= 4 is 13.8 Å². The molecule has 0 bridgehead atoms. The number of hydrogen-bond acceptors (Lipinski definition) is 5. The summed E-state index contributed by atoms with van der Waals surface area (Å²) >= 11 is 0. The van der Waals surface area contributed by atoms with E-state index in [0.717, 1.165) is 38.5 Å². The topological polar surface area (TPSA) is 113 Å². The molecule has 0 fully saturated rings. The minimum Gasteiger partial charge on any atom is -0.457 e. The largest absolute Gasteiger partial charge is 0.469 e. The third-order valence-electron chi connectivity index (χ3n) is 4.26. The fourth-order valence-corrected chi connectivity index (χ4v) is 2.99. The van der Waals surface area contributed by atoms with E-state index >= 15 is 0 Å². The van der Waals surface area contributed by atoms with Gasteiger partial charge in [0.05, 0.1) is 13.2 Å². The van der Waals surface area contributed by atoms with Gasteiger partial charge in [0.15, 0.2) is 0 Å². The third kappa shape index (κ3) is 21.5. The fraction of sp³-hybridized carbons (Fsp3) is 0.762. The molecule has 1 unspecified atom stereocenters. The van der Waals surface area contributed by atoms with Crippen LogP contribution in [-0.4, -0.2) is 40.2 Å². The molecule has 0 aromatic carbocycles. The van der Waals surface area contributed by atoms with Crippen LogP contribution in [0.25, 0.3) is 0 Å². The van der Waals surface area contributed by atoms with Crippen LogP contribution in [0.1, 0.15) is 84.0 Å². The molecule has 0 aliphatic heterocycles. The Balaban J connectivity index is 3.56. The molecule has 0 saturated heterocycles. The van der Waals surface area contributed by atoms with Crippen LogP contribution in [0.3, 0.4) is 0 Å². The summed E-state index contributed by atoms with van der Waals surface area (Å²) in [6.07, 6.45) is 20.1. The van der Waals surface area contributed by atoms with Gasteiger partial charge in [-0.25, -0.2) is 4.57 Å². The Morgan fingerprint density at radius 2 is 1.52 bits per heavy atom. The zero-order valence-electron chi connectivity index (χ0n) is 17.7. The molecule has 1 atom stereocenters. The van der Waals surface area contributed by atoms with Crippen molar-refractivity contribution in [3.8, 4) is 0 Å². The zero-order valence-corrected chi connectivity index (χ0v) is 18.6. The van der Waals surface area contributed by atoms with Gasteiger partial charge in [-0.3, -0.25) is 9.32 Å². The maximum atomic E-state index is 11.7. The number of aliphatic hydroxyl groups excluding tert-OH is 1. The lowest BCUT2D eigenvalue weighted by Crippen LogP contribution is -2.26. The number of phosphoric ester groups is 1. The predicted octanol–water partition coefficient (Wildman–Crippen LogP) is 4.81. The molecule has 0 aliphatic rings. The van der Waals surface area contributed by atoms with E-state index in [0.29, 0.717) is 6.42 Å². The van der Waals surface area contributed by atoms with E-state index in [1.165, 1.54) is 25.7 Å². The van der Waals surface area contributed by atoms with Gasteiger partial charge >= 0.3 is 13.8 Å². The quantitative estimate of drug-likeness (QED) is 0.116. The molecule has 0 aromatic rings. The zero-order chi connectivity index (χ0) is 21.8. The standard InChI is InChI=1S/C21H39O7P/c1-2-3-4-5-6-7-8-9-10-11-12-13-14-15-16-17-21(23)28-20(18-22)19-27-29(24,25)26/h6-7,9-10,20,22H,2-5,8,11-19H2,1H3,(H2,24,25,26)/b7-6-,10-9-. The van der Waals surface area contributed by atoms with Gasteiger partial charge in [0.25, 0.3) is 0 Å². The highest BCUT2D eigenvalue weighted by Crippen LogP contribution is 2.35. The van der Waals surface area contributed by atoms with Crippen LogP contribution in [0.4, 0.5) is 0 Å². The number of rotatable bonds is 19. The Kier molecular flexibility index (Phi) is 18.4. The van der Waals surface area contributed by atoms with Gasteiger partial charge < -0.3 is 19.6 Å². The van der Waals surface area contributed by atoms with Gasteiger partial charge in [-0.05, 0) is 38.5 Å². The molecule has 7 nitrogen and oxygen atoms in total. The van der Waals surface area contributed by atoms with E-state index in [1.54, 1.807) is 0 Å². The summed E-state index contributed by atoms with van der Waals surface area (Å²) in [6.45, 7) is 1.13. The summed E-state index contributed by atoms with van der Waals surface area (Å²) in [5, 5.41) is 9.06. The highest BCUT2D eigenvalue weighted by Gasteiger charge is 2.20. The second-order valence-electron chi connectivity index (χ2n) is 7.06. The molecule has 29 heavy (non-hydrogen) atoms. The van der Waals surface area contributed by atoms with Crippen molar-refractivity contribution in [1.29, 1.82) is 0 Å². The first-order valence-corrected chi connectivity index (χ1v) is 12.2. The van der Waals surface area contributed by atoms with Gasteiger partial charge in [0, 0.05) is 6.42 Å². The van der Waals surface area contributed by atoms with Crippen molar-refractivity contribution in [3.63, 3.8) is 0 Å². The van der Waals surface area contributed by atoms with Crippen LogP contribution in [0.5, 0.6) is 0 Å². The summed E-state index contributed by atoms with van der Waals surface area (Å²) in [5.74, 6) is -0.496. The average Bonchev–Trinajstić information content (AvgIpc) is 2.67. The number of carbonyl (C=O) groups is 1. The van der Waals surface area contributed by atoms with Crippen molar-refractivity contribution in [2.75, 3.05) is 13.2 Å². The molecule has 0 aromatic heterocycles. The number of phosphoric acid groups is 1. The van der Waals surface area contributed by atoms with E-state index < -0.39 is 33.1 Å². The summed E-state index contributed by atoms with van der Waals surface area (Å²) in [4.78, 5) is 28.9. The molecular formula is C21H39O7P. The summed E-state index contributed by atoms with van der Waals surface area (Å²) < 4.78 is 19.8. The minimum absolute atomic E-state index is 0.219. The van der Waals surface area contributed by atoms with Crippen molar-refractivity contribution in [1.82, 2.24) is 0 Å². The third-order valence-corrected chi connectivity index (χ3v) is 4.75. The monoisotopic (exact) mass is 434 g/mol. The van der Waals surface area contributed by atoms with Crippen molar-refractivity contribution < 1.29 is 33.5 Å². The summed E-state index contributed by atoms with van der Waals surface area (Å²) in [6, 6.07) is 0. The number of allylic oxidation sites excluding steroid dienone is 4. The molecular weight excluding hydrogens is 395 g/mol. The maximum Gasteiger partial charge on any atom is 0.469 e. The maximum absolute atomic E-state index is 11.7. The lowest BCUT2D eigenvalue weighted by Gasteiger charge is -2.15. The Bertz CT molecular complexity index is 499. The van der Waals surface area contributed by atoms with Gasteiger partial charge in [-0.15, -0.1) is 0 Å². The Morgan fingerprint density at radius 3 is 2.10 bits per heavy atom. The number of esters is 1. The van der Waals surface area contributed by atoms with Gasteiger partial charge in [0.2, 0.25) is 0 Å². The molecule has 170 valence electrons. The summed E-state index contributed by atoms with van der Waals surface area (Å²) in [7, 11) is -4.64. The highest BCUT2D eigenvalue weighted by molar-refractivity contribution is 7.46. The molecule has 0 aliphatic carbocycles. The summed E-state index contributed by atoms with van der Waals surface area (Å²) in [5.41, 5.74) is 0. The molecule has 0 heterocycles. The van der Waals surface area contributed by atoms with E-state index in [2.05, 4.69) is 35.8 Å². The van der Waals surface area contributed by atoms with Crippen LogP contribution in [0.2, 0.25) is 0 Å². The van der Waals surface area contributed by atoms with Crippen LogP contribution in [0.15, 0.2) is 24.3 Å². The molecule has 8 heteroatoms. The Morgan fingerprint density at radius 1 is 0.931 bits per heavy atom. The highest BCUT2D eigenvalue weighted by atomic mass is 31.2. The van der Waals surface area contributed by atoms with Gasteiger partial charge in [-0.1, -0.05) is 63.3 Å². The predicted molar refractivity (Wildman–Crippen MR) is 114 cm³/mol. The first kappa shape index (κ1) is 28.0. The fourth-order valence-electron chi connectivity index (χ4n) is 2.63. The SMILES string of the molecule is CCCCC/C=C\C/C=C\CCCCCCCC(=O)OC(CO)COP(=O)(O)O. The van der Waals surface area contributed by atoms with E-state index in [1.807, 2.05) is 0 Å². The number of carbonyl (C=O) groups excluding carboxylic acids is 1. The first-order chi connectivity index (χ1) is 13.9. The second-order valence-corrected chi connectivity index (χ2v) is 8.30. The van der Waals surface area contributed by atoms with Crippen LogP contribution in [0, 0.1) is 0 Å². The number of aliphatic hydroxyl groups is 1. The normalized spacial score (nSPS) is 13.4. The minimum atomic E-state index is -4.64. The van der Waals surface area contributed by atoms with E-state index in [9.17, 15) is 9.36 Å². The average molecular weight is 435 g/mol. The smallest absolute Gasteiger partial charge is 0.457 e.